The van der Waals surface area contributed by atoms with Gasteiger partial charge in [0.1, 0.15) is 11.5 Å². The number of carboxylic acid groups (broad SMARTS) is 1. The van der Waals surface area contributed by atoms with Crippen LogP contribution in [0.15, 0.2) is 22.6 Å². The third kappa shape index (κ3) is 3.22. The largest absolute Gasteiger partial charge is 0.479 e. The van der Waals surface area contributed by atoms with Crippen molar-refractivity contribution in [1.29, 1.82) is 0 Å². The molecule has 0 radical (unpaired) electrons. The maximum absolute atomic E-state index is 12.1. The zero-order chi connectivity index (χ0) is 15.7. The van der Waals surface area contributed by atoms with Crippen molar-refractivity contribution in [3.8, 4) is 0 Å². The molecule has 118 valence electrons. The Balaban J connectivity index is 1.58. The monoisotopic (exact) mass is 305 g/mol. The lowest BCUT2D eigenvalue weighted by molar-refractivity contribution is -0.158. The Kier molecular flexibility index (Phi) is 4.02. The Morgan fingerprint density at radius 1 is 1.41 bits per heavy atom. The number of morpholine rings is 1. The van der Waals surface area contributed by atoms with Crippen molar-refractivity contribution < 1.29 is 23.8 Å². The van der Waals surface area contributed by atoms with E-state index < -0.39 is 12.1 Å². The lowest BCUT2D eigenvalue weighted by atomic mass is 10.2. The molecule has 3 atom stereocenters. The van der Waals surface area contributed by atoms with Crippen molar-refractivity contribution in [3.05, 3.63) is 29.7 Å². The van der Waals surface area contributed by atoms with Crippen LogP contribution in [0.2, 0.25) is 0 Å². The first-order valence-electron chi connectivity index (χ1n) is 7.45. The highest BCUT2D eigenvalue weighted by Crippen LogP contribution is 2.47. The molecule has 6 heteroatoms. The fourth-order valence-electron chi connectivity index (χ4n) is 2.63. The van der Waals surface area contributed by atoms with Crippen LogP contribution >= 0.6 is 0 Å². The lowest BCUT2D eigenvalue weighted by Crippen LogP contribution is -2.48. The molecule has 1 aromatic heterocycles. The quantitative estimate of drug-likeness (QED) is 0.857. The van der Waals surface area contributed by atoms with Crippen LogP contribution in [-0.4, -0.2) is 47.7 Å². The van der Waals surface area contributed by atoms with Gasteiger partial charge < -0.3 is 19.2 Å². The van der Waals surface area contributed by atoms with Crippen molar-refractivity contribution >= 4 is 18.0 Å². The molecule has 2 fully saturated rings. The predicted molar refractivity (Wildman–Crippen MR) is 78.2 cm³/mol. The number of aliphatic carboxylic acids is 1. The fourth-order valence-corrected chi connectivity index (χ4v) is 2.63. The molecular formula is C16H19NO5. The molecule has 1 amide bonds. The number of carboxylic acids is 1. The normalized spacial score (nSPS) is 28.0. The van der Waals surface area contributed by atoms with Crippen LogP contribution in [0.4, 0.5) is 0 Å². The molecule has 3 rings (SSSR count). The third-order valence-corrected chi connectivity index (χ3v) is 4.17. The topological polar surface area (TPSA) is 80.0 Å². The standard InChI is InChI=1S/C16H19NO5/c1-10-8-12(10)13-4-2-11(22-13)3-5-15(18)17-6-7-21-14(9-17)16(19)20/h2-5,10,12,14H,6-9H2,1H3,(H,19,20). The van der Waals surface area contributed by atoms with Crippen LogP contribution in [0.25, 0.3) is 6.08 Å². The molecule has 6 nitrogen and oxygen atoms in total. The molecule has 3 unspecified atom stereocenters. The Morgan fingerprint density at radius 2 is 2.18 bits per heavy atom. The van der Waals surface area contributed by atoms with Gasteiger partial charge >= 0.3 is 5.97 Å². The van der Waals surface area contributed by atoms with Crippen LogP contribution in [-0.2, 0) is 14.3 Å². The highest BCUT2D eigenvalue weighted by Gasteiger charge is 2.36. The molecule has 22 heavy (non-hydrogen) atoms. The average molecular weight is 305 g/mol. The first-order chi connectivity index (χ1) is 10.5. The molecule has 1 saturated heterocycles. The van der Waals surface area contributed by atoms with E-state index >= 15 is 0 Å². The summed E-state index contributed by atoms with van der Waals surface area (Å²) in [6, 6.07) is 3.80. The van der Waals surface area contributed by atoms with E-state index in [-0.39, 0.29) is 19.1 Å². The van der Waals surface area contributed by atoms with Gasteiger partial charge in [0.25, 0.3) is 0 Å². The molecule has 1 aliphatic carbocycles. The second kappa shape index (κ2) is 5.96. The molecule has 0 bridgehead atoms. The smallest absolute Gasteiger partial charge is 0.334 e. The molecule has 2 heterocycles. The number of carbonyl (C=O) groups excluding carboxylic acids is 1. The number of amides is 1. The molecule has 1 aliphatic heterocycles. The maximum atomic E-state index is 12.1. The van der Waals surface area contributed by atoms with Gasteiger partial charge in [-0.15, -0.1) is 0 Å². The summed E-state index contributed by atoms with van der Waals surface area (Å²) >= 11 is 0. The number of hydrogen-bond acceptors (Lipinski definition) is 4. The molecule has 1 saturated carbocycles. The van der Waals surface area contributed by atoms with E-state index in [1.807, 2.05) is 12.1 Å². The summed E-state index contributed by atoms with van der Waals surface area (Å²) in [4.78, 5) is 24.5. The van der Waals surface area contributed by atoms with E-state index in [1.165, 1.54) is 11.0 Å². The van der Waals surface area contributed by atoms with E-state index in [9.17, 15) is 9.59 Å². The van der Waals surface area contributed by atoms with Crippen LogP contribution in [0.5, 0.6) is 0 Å². The van der Waals surface area contributed by atoms with Crippen LogP contribution in [0.1, 0.15) is 30.8 Å². The van der Waals surface area contributed by atoms with Gasteiger partial charge in [0.2, 0.25) is 5.91 Å². The number of ether oxygens (including phenoxy) is 1. The molecule has 1 N–H and O–H groups in total. The zero-order valence-corrected chi connectivity index (χ0v) is 12.4. The summed E-state index contributed by atoms with van der Waals surface area (Å²) in [5, 5.41) is 8.93. The number of furan rings is 1. The SMILES string of the molecule is CC1CC1c1ccc(C=CC(=O)N2CCOC(C(=O)O)C2)o1. The lowest BCUT2D eigenvalue weighted by Gasteiger charge is -2.29. The summed E-state index contributed by atoms with van der Waals surface area (Å²) in [5.74, 6) is 1.52. The summed E-state index contributed by atoms with van der Waals surface area (Å²) < 4.78 is 10.8. The van der Waals surface area contributed by atoms with Gasteiger partial charge in [-0.1, -0.05) is 6.92 Å². The van der Waals surface area contributed by atoms with Crippen LogP contribution < -0.4 is 0 Å². The molecule has 0 spiro atoms. The van der Waals surface area contributed by atoms with Gasteiger partial charge in [-0.05, 0) is 30.5 Å². The highest BCUT2D eigenvalue weighted by atomic mass is 16.5. The maximum Gasteiger partial charge on any atom is 0.334 e. The van der Waals surface area contributed by atoms with E-state index in [0.29, 0.717) is 24.1 Å². The van der Waals surface area contributed by atoms with Crippen molar-refractivity contribution in [2.24, 2.45) is 5.92 Å². The molecule has 1 aromatic rings. The Morgan fingerprint density at radius 3 is 2.86 bits per heavy atom. The minimum Gasteiger partial charge on any atom is -0.479 e. The predicted octanol–water partition coefficient (Wildman–Crippen LogP) is 1.73. The van der Waals surface area contributed by atoms with Crippen molar-refractivity contribution in [2.45, 2.75) is 25.4 Å². The van der Waals surface area contributed by atoms with Crippen LogP contribution in [0.3, 0.4) is 0 Å². The fraction of sp³-hybridized carbons (Fsp3) is 0.500. The van der Waals surface area contributed by atoms with E-state index in [2.05, 4.69) is 6.92 Å². The second-order valence-electron chi connectivity index (χ2n) is 5.87. The summed E-state index contributed by atoms with van der Waals surface area (Å²) in [6.45, 7) is 2.89. The van der Waals surface area contributed by atoms with E-state index in [1.54, 1.807) is 6.08 Å². The van der Waals surface area contributed by atoms with Crippen LogP contribution in [0, 0.1) is 5.92 Å². The third-order valence-electron chi connectivity index (χ3n) is 4.17. The van der Waals surface area contributed by atoms with E-state index in [0.717, 1.165) is 12.2 Å². The average Bonchev–Trinajstić information content (AvgIpc) is 3.06. The molecular weight excluding hydrogens is 286 g/mol. The van der Waals surface area contributed by atoms with Crippen molar-refractivity contribution in [3.63, 3.8) is 0 Å². The summed E-state index contributed by atoms with van der Waals surface area (Å²) in [7, 11) is 0. The van der Waals surface area contributed by atoms with Gasteiger partial charge in [-0.2, -0.15) is 0 Å². The highest BCUT2D eigenvalue weighted by molar-refractivity contribution is 5.92. The van der Waals surface area contributed by atoms with Gasteiger partial charge in [-0.3, -0.25) is 4.79 Å². The molecule has 2 aliphatic rings. The summed E-state index contributed by atoms with van der Waals surface area (Å²) in [5.41, 5.74) is 0. The minimum absolute atomic E-state index is 0.0709. The van der Waals surface area contributed by atoms with E-state index in [4.69, 9.17) is 14.3 Å². The number of rotatable bonds is 4. The second-order valence-corrected chi connectivity index (χ2v) is 5.87. The zero-order valence-electron chi connectivity index (χ0n) is 12.4. The number of carbonyl (C=O) groups is 2. The Hall–Kier alpha value is -2.08. The van der Waals surface area contributed by atoms with Gasteiger partial charge in [0, 0.05) is 18.5 Å². The van der Waals surface area contributed by atoms with Gasteiger partial charge in [0.15, 0.2) is 6.10 Å². The van der Waals surface area contributed by atoms with Crippen molar-refractivity contribution in [1.82, 2.24) is 4.90 Å². The first kappa shape index (κ1) is 14.8. The number of nitrogens with zero attached hydrogens (tertiary/aromatic N) is 1. The number of hydrogen-bond donors (Lipinski definition) is 1. The Bertz CT molecular complexity index is 605. The Labute approximate surface area is 128 Å². The van der Waals surface area contributed by atoms with Crippen molar-refractivity contribution in [2.75, 3.05) is 19.7 Å². The van der Waals surface area contributed by atoms with Gasteiger partial charge in [-0.25, -0.2) is 4.79 Å². The first-order valence-corrected chi connectivity index (χ1v) is 7.45. The minimum atomic E-state index is -1.05. The molecule has 0 aromatic carbocycles. The van der Waals surface area contributed by atoms with Gasteiger partial charge in [0.05, 0.1) is 13.2 Å². The summed E-state index contributed by atoms with van der Waals surface area (Å²) in [6.07, 6.45) is 3.26.